The summed E-state index contributed by atoms with van der Waals surface area (Å²) in [5.74, 6) is 2.03. The van der Waals surface area contributed by atoms with Crippen molar-refractivity contribution in [1.29, 1.82) is 0 Å². The van der Waals surface area contributed by atoms with Crippen LogP contribution in [0, 0.1) is 11.3 Å². The van der Waals surface area contributed by atoms with Gasteiger partial charge in [-0.25, -0.2) is 0 Å². The van der Waals surface area contributed by atoms with Crippen LogP contribution in [0.4, 0.5) is 0 Å². The fourth-order valence-electron chi connectivity index (χ4n) is 4.39. The Morgan fingerprint density at radius 1 is 1.17 bits per heavy atom. The van der Waals surface area contributed by atoms with Gasteiger partial charge in [0.1, 0.15) is 0 Å². The number of likely N-dealkylation sites (tertiary alicyclic amines) is 2. The molecule has 0 aromatic rings. The lowest BCUT2D eigenvalue weighted by Gasteiger charge is -2.50. The van der Waals surface area contributed by atoms with E-state index in [-0.39, 0.29) is 0 Å². The molecule has 0 bridgehead atoms. The summed E-state index contributed by atoms with van der Waals surface area (Å²) in [4.78, 5) is 5.37. The second-order valence-electron chi connectivity index (χ2n) is 6.99. The van der Waals surface area contributed by atoms with Gasteiger partial charge in [-0.15, -0.1) is 0 Å². The van der Waals surface area contributed by atoms with Crippen LogP contribution < -0.4 is 0 Å². The predicted octanol–water partition coefficient (Wildman–Crippen LogP) is 2.50. The molecule has 3 heteroatoms. The molecule has 2 atom stereocenters. The zero-order chi connectivity index (χ0) is 12.6. The highest BCUT2D eigenvalue weighted by Gasteiger charge is 2.40. The zero-order valence-corrected chi connectivity index (χ0v) is 12.7. The molecule has 0 aromatic carbocycles. The van der Waals surface area contributed by atoms with E-state index in [1.807, 2.05) is 0 Å². The third-order valence-corrected chi connectivity index (χ3v) is 6.41. The molecule has 0 N–H and O–H groups in total. The largest absolute Gasteiger partial charge is 0.303 e. The maximum atomic E-state index is 4.60. The summed E-state index contributed by atoms with van der Waals surface area (Å²) in [7, 11) is 2.33. The first-order chi connectivity index (χ1) is 8.72. The Morgan fingerprint density at radius 3 is 2.67 bits per heavy atom. The molecule has 1 saturated carbocycles. The Bertz CT molecular complexity index is 285. The second kappa shape index (κ2) is 5.34. The summed E-state index contributed by atoms with van der Waals surface area (Å²) in [5.41, 5.74) is 0.580. The maximum absolute atomic E-state index is 4.60. The van der Waals surface area contributed by atoms with Crippen molar-refractivity contribution in [3.05, 3.63) is 0 Å². The van der Waals surface area contributed by atoms with Crippen molar-refractivity contribution in [1.82, 2.24) is 9.80 Å². The third kappa shape index (κ3) is 2.46. The average molecular weight is 268 g/mol. The lowest BCUT2D eigenvalue weighted by Crippen LogP contribution is -2.55. The van der Waals surface area contributed by atoms with Crippen molar-refractivity contribution in [2.75, 3.05) is 39.0 Å². The molecule has 2 nitrogen and oxygen atoms in total. The van der Waals surface area contributed by atoms with E-state index >= 15 is 0 Å². The maximum Gasteiger partial charge on any atom is 0.0145 e. The molecule has 3 fully saturated rings. The SMILES string of the molecule is CN1CCCC2CN(CC3(CS)CCC3)CCC21. The molecule has 0 spiro atoms. The van der Waals surface area contributed by atoms with Gasteiger partial charge in [0, 0.05) is 19.1 Å². The molecular formula is C15H28N2S. The highest BCUT2D eigenvalue weighted by Crippen LogP contribution is 2.43. The summed E-state index contributed by atoms with van der Waals surface area (Å²) in [6, 6.07) is 0.878. The van der Waals surface area contributed by atoms with Crippen LogP contribution in [0.3, 0.4) is 0 Å². The number of nitrogens with zero attached hydrogens (tertiary/aromatic N) is 2. The summed E-state index contributed by atoms with van der Waals surface area (Å²) in [5, 5.41) is 0. The standard InChI is InChI=1S/C15H28N2S/c1-16-8-2-4-13-10-17(9-5-14(13)16)11-15(12-18)6-3-7-15/h13-14,18H,2-12H2,1H3. The molecule has 3 aliphatic rings. The van der Waals surface area contributed by atoms with Crippen LogP contribution in [0.15, 0.2) is 0 Å². The molecule has 2 saturated heterocycles. The Kier molecular flexibility index (Phi) is 3.93. The Morgan fingerprint density at radius 2 is 2.00 bits per heavy atom. The van der Waals surface area contributed by atoms with Crippen molar-refractivity contribution in [3.8, 4) is 0 Å². The fourth-order valence-corrected chi connectivity index (χ4v) is 4.80. The molecule has 1 aliphatic carbocycles. The average Bonchev–Trinajstić information content (AvgIpc) is 2.34. The minimum absolute atomic E-state index is 0.580. The van der Waals surface area contributed by atoms with E-state index in [1.54, 1.807) is 0 Å². The van der Waals surface area contributed by atoms with Gasteiger partial charge in [0.15, 0.2) is 0 Å². The normalized spacial score (nSPS) is 37.0. The number of hydrogen-bond donors (Lipinski definition) is 1. The third-order valence-electron chi connectivity index (χ3n) is 5.74. The molecule has 2 aliphatic heterocycles. The van der Waals surface area contributed by atoms with Gasteiger partial charge < -0.3 is 9.80 Å². The quantitative estimate of drug-likeness (QED) is 0.786. The van der Waals surface area contributed by atoms with Gasteiger partial charge in [0.25, 0.3) is 0 Å². The number of hydrogen-bond acceptors (Lipinski definition) is 3. The molecule has 2 unspecified atom stereocenters. The summed E-state index contributed by atoms with van der Waals surface area (Å²) in [6.45, 7) is 5.32. The van der Waals surface area contributed by atoms with Crippen LogP contribution in [0.2, 0.25) is 0 Å². The fraction of sp³-hybridized carbons (Fsp3) is 1.00. The Labute approximate surface area is 118 Å². The minimum Gasteiger partial charge on any atom is -0.303 e. The molecule has 2 heterocycles. The number of thiol groups is 1. The van der Waals surface area contributed by atoms with E-state index in [0.29, 0.717) is 5.41 Å². The van der Waals surface area contributed by atoms with E-state index in [1.165, 1.54) is 64.7 Å². The van der Waals surface area contributed by atoms with Crippen LogP contribution in [-0.2, 0) is 0 Å². The van der Waals surface area contributed by atoms with Gasteiger partial charge in [-0.3, -0.25) is 0 Å². The van der Waals surface area contributed by atoms with Crippen LogP contribution in [0.25, 0.3) is 0 Å². The van der Waals surface area contributed by atoms with Crippen molar-refractivity contribution in [2.24, 2.45) is 11.3 Å². The first-order valence-corrected chi connectivity index (χ1v) is 8.39. The number of rotatable bonds is 3. The van der Waals surface area contributed by atoms with Gasteiger partial charge in [0.2, 0.25) is 0 Å². The Hall–Kier alpha value is 0.270. The molecule has 0 amide bonds. The second-order valence-corrected chi connectivity index (χ2v) is 7.30. The molecule has 3 rings (SSSR count). The first kappa shape index (κ1) is 13.3. The van der Waals surface area contributed by atoms with Crippen molar-refractivity contribution >= 4 is 12.6 Å². The summed E-state index contributed by atoms with van der Waals surface area (Å²) < 4.78 is 0. The van der Waals surface area contributed by atoms with Gasteiger partial charge >= 0.3 is 0 Å². The minimum atomic E-state index is 0.580. The van der Waals surface area contributed by atoms with E-state index in [9.17, 15) is 0 Å². The van der Waals surface area contributed by atoms with Crippen molar-refractivity contribution in [2.45, 2.75) is 44.6 Å². The van der Waals surface area contributed by atoms with E-state index in [2.05, 4.69) is 29.5 Å². The summed E-state index contributed by atoms with van der Waals surface area (Å²) >= 11 is 4.60. The summed E-state index contributed by atoms with van der Waals surface area (Å²) in [6.07, 6.45) is 8.53. The van der Waals surface area contributed by atoms with Crippen molar-refractivity contribution in [3.63, 3.8) is 0 Å². The van der Waals surface area contributed by atoms with Gasteiger partial charge in [-0.1, -0.05) is 6.42 Å². The van der Waals surface area contributed by atoms with Crippen molar-refractivity contribution < 1.29 is 0 Å². The van der Waals surface area contributed by atoms with E-state index in [4.69, 9.17) is 0 Å². The van der Waals surface area contributed by atoms with Crippen LogP contribution in [0.5, 0.6) is 0 Å². The molecule has 18 heavy (non-hydrogen) atoms. The molecule has 0 radical (unpaired) electrons. The highest BCUT2D eigenvalue weighted by atomic mass is 32.1. The predicted molar refractivity (Wildman–Crippen MR) is 80.3 cm³/mol. The topological polar surface area (TPSA) is 6.48 Å². The monoisotopic (exact) mass is 268 g/mol. The molecule has 104 valence electrons. The van der Waals surface area contributed by atoms with Crippen LogP contribution in [-0.4, -0.2) is 54.8 Å². The van der Waals surface area contributed by atoms with E-state index in [0.717, 1.165) is 17.7 Å². The van der Waals surface area contributed by atoms with E-state index < -0.39 is 0 Å². The van der Waals surface area contributed by atoms with Gasteiger partial charge in [-0.05, 0) is 69.3 Å². The highest BCUT2D eigenvalue weighted by molar-refractivity contribution is 7.80. The van der Waals surface area contributed by atoms with Gasteiger partial charge in [-0.2, -0.15) is 12.6 Å². The molecular weight excluding hydrogens is 240 g/mol. The smallest absolute Gasteiger partial charge is 0.0145 e. The zero-order valence-electron chi connectivity index (χ0n) is 11.8. The molecule has 0 aromatic heterocycles. The number of fused-ring (bicyclic) bond motifs is 1. The van der Waals surface area contributed by atoms with Gasteiger partial charge in [0.05, 0.1) is 0 Å². The van der Waals surface area contributed by atoms with Crippen LogP contribution in [0.1, 0.15) is 38.5 Å². The number of piperidine rings is 2. The van der Waals surface area contributed by atoms with Crippen LogP contribution >= 0.6 is 12.6 Å². The Balaban J connectivity index is 1.57. The lowest BCUT2D eigenvalue weighted by atomic mass is 9.69. The lowest BCUT2D eigenvalue weighted by molar-refractivity contribution is 0.00671. The first-order valence-electron chi connectivity index (χ1n) is 7.76.